The van der Waals surface area contributed by atoms with Gasteiger partial charge in [0.05, 0.1) is 4.90 Å². The molecule has 8 heteroatoms. The van der Waals surface area contributed by atoms with Gasteiger partial charge in [-0.1, -0.05) is 13.8 Å². The molecule has 1 rings (SSSR count). The highest BCUT2D eigenvalue weighted by molar-refractivity contribution is 7.89. The molecule has 6 nitrogen and oxygen atoms in total. The third-order valence-electron chi connectivity index (χ3n) is 2.54. The van der Waals surface area contributed by atoms with Gasteiger partial charge < -0.3 is 11.1 Å². The van der Waals surface area contributed by atoms with Crippen LogP contribution in [-0.2, 0) is 10.0 Å². The molecule has 0 unspecified atom stereocenters. The molecule has 1 amide bonds. The van der Waals surface area contributed by atoms with Crippen molar-refractivity contribution in [3.05, 3.63) is 29.8 Å². The maximum atomic E-state index is 12.0. The first-order valence-corrected chi connectivity index (χ1v) is 7.93. The maximum absolute atomic E-state index is 12.0. The monoisotopic (exact) mass is 335 g/mol. The molecule has 0 radical (unpaired) electrons. The second kappa shape index (κ2) is 8.99. The minimum atomic E-state index is -3.52. The number of amides is 1. The summed E-state index contributed by atoms with van der Waals surface area (Å²) in [4.78, 5) is 11.8. The van der Waals surface area contributed by atoms with Gasteiger partial charge in [0.15, 0.2) is 0 Å². The van der Waals surface area contributed by atoms with Crippen LogP contribution in [0.3, 0.4) is 0 Å². The lowest BCUT2D eigenvalue weighted by Gasteiger charge is -2.09. The van der Waals surface area contributed by atoms with Gasteiger partial charge in [-0.3, -0.25) is 4.79 Å². The van der Waals surface area contributed by atoms with E-state index in [1.807, 2.05) is 13.8 Å². The van der Waals surface area contributed by atoms with Crippen LogP contribution in [0, 0.1) is 5.92 Å². The predicted molar refractivity (Wildman–Crippen MR) is 85.1 cm³/mol. The van der Waals surface area contributed by atoms with Crippen molar-refractivity contribution in [1.29, 1.82) is 0 Å². The van der Waals surface area contributed by atoms with Crippen molar-refractivity contribution in [2.45, 2.75) is 18.7 Å². The zero-order valence-corrected chi connectivity index (χ0v) is 13.8. The van der Waals surface area contributed by atoms with Gasteiger partial charge in [0.2, 0.25) is 10.0 Å². The van der Waals surface area contributed by atoms with Gasteiger partial charge in [-0.25, -0.2) is 13.1 Å². The lowest BCUT2D eigenvalue weighted by Crippen LogP contribution is -2.29. The van der Waals surface area contributed by atoms with E-state index in [0.29, 0.717) is 25.2 Å². The van der Waals surface area contributed by atoms with Crippen LogP contribution in [0.1, 0.15) is 24.2 Å². The Morgan fingerprint density at radius 3 is 2.29 bits per heavy atom. The predicted octanol–water partition coefficient (Wildman–Crippen LogP) is 0.731. The molecule has 21 heavy (non-hydrogen) atoms. The quantitative estimate of drug-likeness (QED) is 0.683. The average molecular weight is 336 g/mol. The van der Waals surface area contributed by atoms with Crippen molar-refractivity contribution in [2.75, 3.05) is 19.6 Å². The van der Waals surface area contributed by atoms with Crippen molar-refractivity contribution >= 4 is 28.3 Å². The van der Waals surface area contributed by atoms with Gasteiger partial charge in [-0.2, -0.15) is 0 Å². The number of nitrogens with one attached hydrogen (secondary N) is 2. The fourth-order valence-electron chi connectivity index (χ4n) is 1.43. The van der Waals surface area contributed by atoms with Crippen LogP contribution in [-0.4, -0.2) is 34.0 Å². The Morgan fingerprint density at radius 1 is 1.24 bits per heavy atom. The highest BCUT2D eigenvalue weighted by atomic mass is 35.5. The van der Waals surface area contributed by atoms with Crippen molar-refractivity contribution in [3.8, 4) is 0 Å². The Bertz CT molecular complexity index is 544. The van der Waals surface area contributed by atoms with Crippen molar-refractivity contribution < 1.29 is 13.2 Å². The van der Waals surface area contributed by atoms with Gasteiger partial charge in [0.1, 0.15) is 0 Å². The average Bonchev–Trinajstić information content (AvgIpc) is 2.43. The van der Waals surface area contributed by atoms with Gasteiger partial charge in [-0.05, 0) is 30.2 Å². The molecule has 1 aromatic rings. The standard InChI is InChI=1S/C13H21N3O3S.ClH/c1-10(2)9-16-20(18,19)12-5-3-11(4-6-12)13(17)15-8-7-14;/h3-6,10,16H,7-9,14H2,1-2H3,(H,15,17);1H. The molecular formula is C13H22ClN3O3S. The van der Waals surface area contributed by atoms with E-state index in [2.05, 4.69) is 10.0 Å². The van der Waals surface area contributed by atoms with Crippen molar-refractivity contribution in [2.24, 2.45) is 11.7 Å². The number of nitrogens with two attached hydrogens (primary N) is 1. The number of carbonyl (C=O) groups excluding carboxylic acids is 1. The maximum Gasteiger partial charge on any atom is 0.251 e. The molecule has 4 N–H and O–H groups in total. The zero-order chi connectivity index (χ0) is 15.2. The topological polar surface area (TPSA) is 101 Å². The minimum absolute atomic E-state index is 0. The Hall–Kier alpha value is -1.15. The summed E-state index contributed by atoms with van der Waals surface area (Å²) in [5.74, 6) is -0.0411. The van der Waals surface area contributed by atoms with Crippen LogP contribution < -0.4 is 15.8 Å². The molecule has 0 bridgehead atoms. The molecule has 0 fully saturated rings. The van der Waals surface area contributed by atoms with Crippen LogP contribution in [0.15, 0.2) is 29.2 Å². The molecule has 0 aliphatic heterocycles. The number of hydrogen-bond donors (Lipinski definition) is 3. The van der Waals surface area contributed by atoms with Gasteiger partial charge >= 0.3 is 0 Å². The van der Waals surface area contributed by atoms with Crippen molar-refractivity contribution in [1.82, 2.24) is 10.0 Å². The summed E-state index contributed by atoms with van der Waals surface area (Å²) in [6.45, 7) is 4.97. The van der Waals surface area contributed by atoms with E-state index in [1.54, 1.807) is 0 Å². The number of hydrogen-bond acceptors (Lipinski definition) is 4. The number of benzene rings is 1. The molecule has 0 aliphatic carbocycles. The third-order valence-corrected chi connectivity index (χ3v) is 3.98. The molecular weight excluding hydrogens is 314 g/mol. The fourth-order valence-corrected chi connectivity index (χ4v) is 2.65. The van der Waals surface area contributed by atoms with Crippen LogP contribution in [0.25, 0.3) is 0 Å². The summed E-state index contributed by atoms with van der Waals surface area (Å²) in [5.41, 5.74) is 5.70. The first-order chi connectivity index (χ1) is 9.36. The first kappa shape index (κ1) is 19.9. The molecule has 0 aromatic heterocycles. The Kier molecular flexibility index (Phi) is 8.50. The summed E-state index contributed by atoms with van der Waals surface area (Å²) in [6.07, 6.45) is 0. The fraction of sp³-hybridized carbons (Fsp3) is 0.462. The highest BCUT2D eigenvalue weighted by Gasteiger charge is 2.14. The second-order valence-electron chi connectivity index (χ2n) is 4.81. The summed E-state index contributed by atoms with van der Waals surface area (Å²) >= 11 is 0. The number of rotatable bonds is 7. The lowest BCUT2D eigenvalue weighted by atomic mass is 10.2. The second-order valence-corrected chi connectivity index (χ2v) is 6.58. The summed E-state index contributed by atoms with van der Waals surface area (Å²) in [5, 5.41) is 2.62. The van der Waals surface area contributed by atoms with E-state index in [1.165, 1.54) is 24.3 Å². The van der Waals surface area contributed by atoms with Crippen LogP contribution >= 0.6 is 12.4 Å². The van der Waals surface area contributed by atoms with Crippen LogP contribution in [0.4, 0.5) is 0 Å². The molecule has 0 spiro atoms. The summed E-state index contributed by atoms with van der Waals surface area (Å²) in [7, 11) is -3.52. The van der Waals surface area contributed by atoms with E-state index in [9.17, 15) is 13.2 Å². The molecule has 0 saturated carbocycles. The number of carbonyl (C=O) groups is 1. The Balaban J connectivity index is 0.00000400. The molecule has 0 heterocycles. The molecule has 0 saturated heterocycles. The van der Waals surface area contributed by atoms with Crippen LogP contribution in [0.2, 0.25) is 0 Å². The van der Waals surface area contributed by atoms with E-state index in [-0.39, 0.29) is 29.1 Å². The number of sulfonamides is 1. The van der Waals surface area contributed by atoms with E-state index < -0.39 is 10.0 Å². The summed E-state index contributed by atoms with van der Waals surface area (Å²) < 4.78 is 26.4. The third kappa shape index (κ3) is 6.43. The molecule has 120 valence electrons. The smallest absolute Gasteiger partial charge is 0.251 e. The van der Waals surface area contributed by atoms with Gasteiger partial charge in [-0.15, -0.1) is 12.4 Å². The zero-order valence-electron chi connectivity index (χ0n) is 12.1. The highest BCUT2D eigenvalue weighted by Crippen LogP contribution is 2.10. The van der Waals surface area contributed by atoms with E-state index in [4.69, 9.17) is 5.73 Å². The lowest BCUT2D eigenvalue weighted by molar-refractivity contribution is 0.0954. The Morgan fingerprint density at radius 2 is 1.81 bits per heavy atom. The Labute approximate surface area is 132 Å². The van der Waals surface area contributed by atoms with Gasteiger partial charge in [0, 0.05) is 25.2 Å². The van der Waals surface area contributed by atoms with E-state index >= 15 is 0 Å². The molecule has 0 aliphatic rings. The summed E-state index contributed by atoms with van der Waals surface area (Å²) in [6, 6.07) is 5.80. The van der Waals surface area contributed by atoms with Crippen LogP contribution in [0.5, 0.6) is 0 Å². The van der Waals surface area contributed by atoms with Crippen molar-refractivity contribution in [3.63, 3.8) is 0 Å². The van der Waals surface area contributed by atoms with Gasteiger partial charge in [0.25, 0.3) is 5.91 Å². The van der Waals surface area contributed by atoms with E-state index in [0.717, 1.165) is 0 Å². The number of halogens is 1. The first-order valence-electron chi connectivity index (χ1n) is 6.45. The largest absolute Gasteiger partial charge is 0.351 e. The molecule has 1 aromatic carbocycles. The molecule has 0 atom stereocenters. The normalized spacial score (nSPS) is 11.0. The SMILES string of the molecule is CC(C)CNS(=O)(=O)c1ccc(C(=O)NCCN)cc1.Cl. The minimum Gasteiger partial charge on any atom is -0.351 e.